The lowest BCUT2D eigenvalue weighted by atomic mass is 9.98. The molecule has 22 heavy (non-hydrogen) atoms. The second-order valence-corrected chi connectivity index (χ2v) is 6.05. The van der Waals surface area contributed by atoms with Crippen molar-refractivity contribution in [3.63, 3.8) is 0 Å². The molecule has 3 unspecified atom stereocenters. The molecule has 2 aromatic carbocycles. The first-order valence-electron chi connectivity index (χ1n) is 7.82. The average Bonchev–Trinajstić information content (AvgIpc) is 2.54. The summed E-state index contributed by atoms with van der Waals surface area (Å²) in [5, 5.41) is 0. The molecule has 0 aliphatic carbocycles. The number of halogens is 1. The molecule has 1 aliphatic heterocycles. The Balaban J connectivity index is 1.78. The number of hydrogen-bond acceptors (Lipinski definition) is 2. The predicted octanol–water partition coefficient (Wildman–Crippen LogP) is 4.18. The van der Waals surface area contributed by atoms with Crippen LogP contribution in [0, 0.1) is 5.82 Å². The molecule has 0 bridgehead atoms. The van der Waals surface area contributed by atoms with Gasteiger partial charge in [0.15, 0.2) is 0 Å². The van der Waals surface area contributed by atoms with Crippen molar-refractivity contribution in [3.8, 4) is 0 Å². The zero-order valence-corrected chi connectivity index (χ0v) is 13.1. The Kier molecular flexibility index (Phi) is 4.55. The third-order valence-electron chi connectivity index (χ3n) is 4.45. The van der Waals surface area contributed by atoms with E-state index < -0.39 is 0 Å². The lowest BCUT2D eigenvalue weighted by molar-refractivity contribution is -0.0993. The second-order valence-electron chi connectivity index (χ2n) is 6.05. The van der Waals surface area contributed by atoms with Gasteiger partial charge < -0.3 is 4.74 Å². The number of ether oxygens (including phenoxy) is 1. The molecule has 1 saturated heterocycles. The third kappa shape index (κ3) is 3.21. The third-order valence-corrected chi connectivity index (χ3v) is 4.45. The Morgan fingerprint density at radius 2 is 1.73 bits per heavy atom. The van der Waals surface area contributed by atoms with E-state index in [-0.39, 0.29) is 18.0 Å². The summed E-state index contributed by atoms with van der Waals surface area (Å²) in [6.07, 6.45) is 0.0813. The summed E-state index contributed by atoms with van der Waals surface area (Å²) in [5.74, 6) is -0.186. The van der Waals surface area contributed by atoms with Crippen molar-refractivity contribution in [1.29, 1.82) is 0 Å². The Morgan fingerprint density at radius 1 is 1.05 bits per heavy atom. The molecular formula is C19H22FNO. The zero-order chi connectivity index (χ0) is 15.5. The van der Waals surface area contributed by atoms with Crippen LogP contribution in [0.15, 0.2) is 54.6 Å². The zero-order valence-electron chi connectivity index (χ0n) is 13.1. The highest BCUT2D eigenvalue weighted by Gasteiger charge is 2.33. The van der Waals surface area contributed by atoms with Crippen LogP contribution in [0.1, 0.15) is 31.1 Å². The predicted molar refractivity (Wildman–Crippen MR) is 86.0 cm³/mol. The molecule has 3 atom stereocenters. The highest BCUT2D eigenvalue weighted by molar-refractivity contribution is 5.21. The van der Waals surface area contributed by atoms with Crippen LogP contribution < -0.4 is 0 Å². The van der Waals surface area contributed by atoms with E-state index in [1.165, 1.54) is 17.7 Å². The van der Waals surface area contributed by atoms with Gasteiger partial charge in [-0.2, -0.15) is 0 Å². The van der Waals surface area contributed by atoms with Crippen molar-refractivity contribution in [1.82, 2.24) is 4.90 Å². The molecule has 116 valence electrons. The number of benzene rings is 2. The molecule has 2 aromatic rings. The molecule has 3 rings (SSSR count). The molecule has 0 saturated carbocycles. The van der Waals surface area contributed by atoms with Crippen molar-refractivity contribution in [2.45, 2.75) is 38.6 Å². The van der Waals surface area contributed by atoms with E-state index in [2.05, 4.69) is 30.9 Å². The van der Waals surface area contributed by atoms with Crippen molar-refractivity contribution in [3.05, 3.63) is 71.5 Å². The molecular weight excluding hydrogens is 277 g/mol. The van der Waals surface area contributed by atoms with Crippen LogP contribution in [0.4, 0.5) is 4.39 Å². The summed E-state index contributed by atoms with van der Waals surface area (Å²) in [5.41, 5.74) is 2.35. The van der Waals surface area contributed by atoms with E-state index in [1.54, 1.807) is 0 Å². The van der Waals surface area contributed by atoms with Crippen molar-refractivity contribution >= 4 is 0 Å². The van der Waals surface area contributed by atoms with Crippen LogP contribution >= 0.6 is 0 Å². The Labute approximate surface area is 131 Å². The standard InChI is InChI=1S/C19H22FNO/c1-14-13-22-19(17-6-4-3-5-7-17)15(2)21(14)12-16-8-10-18(20)11-9-16/h3-11,14-15,19H,12-13H2,1-2H3. The van der Waals surface area contributed by atoms with Gasteiger partial charge in [-0.3, -0.25) is 4.90 Å². The lowest BCUT2D eigenvalue weighted by Crippen LogP contribution is -2.50. The number of nitrogens with zero attached hydrogens (tertiary/aromatic N) is 1. The molecule has 1 fully saturated rings. The summed E-state index contributed by atoms with van der Waals surface area (Å²) in [4.78, 5) is 2.44. The molecule has 0 N–H and O–H groups in total. The Hall–Kier alpha value is -1.71. The van der Waals surface area contributed by atoms with E-state index in [0.717, 1.165) is 12.1 Å². The molecule has 3 heteroatoms. The lowest BCUT2D eigenvalue weighted by Gasteiger charge is -2.44. The van der Waals surface area contributed by atoms with Gasteiger partial charge in [0.25, 0.3) is 0 Å². The van der Waals surface area contributed by atoms with Crippen molar-refractivity contribution in [2.75, 3.05) is 6.61 Å². The summed E-state index contributed by atoms with van der Waals surface area (Å²) in [7, 11) is 0. The van der Waals surface area contributed by atoms with Gasteiger partial charge in [-0.25, -0.2) is 4.39 Å². The first-order valence-corrected chi connectivity index (χ1v) is 7.82. The maximum atomic E-state index is 13.1. The minimum absolute atomic E-state index is 0.0813. The molecule has 2 nitrogen and oxygen atoms in total. The monoisotopic (exact) mass is 299 g/mol. The van der Waals surface area contributed by atoms with E-state index in [4.69, 9.17) is 4.74 Å². The number of morpholine rings is 1. The minimum atomic E-state index is -0.186. The quantitative estimate of drug-likeness (QED) is 0.843. The van der Waals surface area contributed by atoms with E-state index in [0.29, 0.717) is 12.6 Å². The van der Waals surface area contributed by atoms with Gasteiger partial charge in [0, 0.05) is 18.6 Å². The molecule has 0 amide bonds. The molecule has 1 aliphatic rings. The van der Waals surface area contributed by atoms with Crippen LogP contribution in [0.5, 0.6) is 0 Å². The van der Waals surface area contributed by atoms with E-state index in [1.807, 2.05) is 30.3 Å². The van der Waals surface area contributed by atoms with Crippen LogP contribution in [0.3, 0.4) is 0 Å². The second kappa shape index (κ2) is 6.59. The van der Waals surface area contributed by atoms with Gasteiger partial charge >= 0.3 is 0 Å². The van der Waals surface area contributed by atoms with Gasteiger partial charge in [-0.15, -0.1) is 0 Å². The molecule has 0 radical (unpaired) electrons. The first-order chi connectivity index (χ1) is 10.6. The summed E-state index contributed by atoms with van der Waals surface area (Å²) in [6.45, 7) is 5.92. The maximum absolute atomic E-state index is 13.1. The van der Waals surface area contributed by atoms with Crippen molar-refractivity contribution < 1.29 is 9.13 Å². The summed E-state index contributed by atoms with van der Waals surface area (Å²) < 4.78 is 19.1. The smallest absolute Gasteiger partial charge is 0.123 e. The fourth-order valence-corrected chi connectivity index (χ4v) is 3.17. The normalized spacial score (nSPS) is 26.0. The largest absolute Gasteiger partial charge is 0.370 e. The minimum Gasteiger partial charge on any atom is -0.370 e. The SMILES string of the molecule is CC1COC(c2ccccc2)C(C)N1Cc1ccc(F)cc1. The summed E-state index contributed by atoms with van der Waals surface area (Å²) in [6, 6.07) is 17.8. The average molecular weight is 299 g/mol. The van der Waals surface area contributed by atoms with Crippen molar-refractivity contribution in [2.24, 2.45) is 0 Å². The van der Waals surface area contributed by atoms with Crippen LogP contribution in [0.25, 0.3) is 0 Å². The Bertz CT molecular complexity index is 599. The molecule has 0 spiro atoms. The number of rotatable bonds is 3. The van der Waals surface area contributed by atoms with Crippen LogP contribution in [-0.2, 0) is 11.3 Å². The van der Waals surface area contributed by atoms with Gasteiger partial charge in [0.1, 0.15) is 5.82 Å². The number of hydrogen-bond donors (Lipinski definition) is 0. The van der Waals surface area contributed by atoms with Gasteiger partial charge in [-0.1, -0.05) is 42.5 Å². The topological polar surface area (TPSA) is 12.5 Å². The fourth-order valence-electron chi connectivity index (χ4n) is 3.17. The summed E-state index contributed by atoms with van der Waals surface area (Å²) >= 11 is 0. The van der Waals surface area contributed by atoms with E-state index in [9.17, 15) is 4.39 Å². The van der Waals surface area contributed by atoms with E-state index >= 15 is 0 Å². The van der Waals surface area contributed by atoms with Gasteiger partial charge in [-0.05, 0) is 37.1 Å². The highest BCUT2D eigenvalue weighted by Crippen LogP contribution is 2.31. The molecule has 0 aromatic heterocycles. The first kappa shape index (κ1) is 15.2. The fraction of sp³-hybridized carbons (Fsp3) is 0.368. The maximum Gasteiger partial charge on any atom is 0.123 e. The van der Waals surface area contributed by atoms with Gasteiger partial charge in [0.2, 0.25) is 0 Å². The highest BCUT2D eigenvalue weighted by atomic mass is 19.1. The Morgan fingerprint density at radius 3 is 2.41 bits per heavy atom. The van der Waals surface area contributed by atoms with Gasteiger partial charge in [0.05, 0.1) is 12.7 Å². The van der Waals surface area contributed by atoms with Crippen LogP contribution in [0.2, 0.25) is 0 Å². The van der Waals surface area contributed by atoms with Crippen LogP contribution in [-0.4, -0.2) is 23.6 Å². The molecule has 1 heterocycles.